The van der Waals surface area contributed by atoms with Gasteiger partial charge in [-0.2, -0.15) is 9.40 Å². The lowest BCUT2D eigenvalue weighted by Crippen LogP contribution is -2.51. The van der Waals surface area contributed by atoms with Gasteiger partial charge in [0.05, 0.1) is 27.4 Å². The van der Waals surface area contributed by atoms with Crippen LogP contribution in [0, 0.1) is 11.6 Å². The number of aromatic nitrogens is 3. The van der Waals surface area contributed by atoms with Crippen molar-refractivity contribution < 1.29 is 31.5 Å². The van der Waals surface area contributed by atoms with Crippen molar-refractivity contribution >= 4 is 33.3 Å². The van der Waals surface area contributed by atoms with E-state index in [0.717, 1.165) is 29.5 Å². The van der Waals surface area contributed by atoms with Crippen LogP contribution in [0.15, 0.2) is 59.6 Å². The first kappa shape index (κ1) is 30.4. The minimum Gasteiger partial charge on any atom is -0.488 e. The van der Waals surface area contributed by atoms with Crippen molar-refractivity contribution in [1.29, 1.82) is 0 Å². The predicted molar refractivity (Wildman–Crippen MR) is 160 cm³/mol. The standard InChI is InChI=1S/C30H31F2N7O5S/c1-30(2)26-23(16-39(30)45(42,43)21-11-17(31)10-18(32)12-21)27(36-35-26)34-28(40)22-8-7-19(44-20-14-37(3)15-20)13-24(22)33-29(41)25-6-5-9-38(25)4/h5-13,20H,14-16H2,1-4H3,(H,33,41)(H2,34,35,36,40). The van der Waals surface area contributed by atoms with Gasteiger partial charge in [0.15, 0.2) is 5.82 Å². The molecule has 45 heavy (non-hydrogen) atoms. The maximum atomic E-state index is 13.9. The summed E-state index contributed by atoms with van der Waals surface area (Å²) >= 11 is 0. The smallest absolute Gasteiger partial charge is 0.272 e. The normalized spacial score (nSPS) is 16.7. The Morgan fingerprint density at radius 1 is 1.02 bits per heavy atom. The highest BCUT2D eigenvalue weighted by Crippen LogP contribution is 2.44. The molecule has 1 fully saturated rings. The number of H-pyrrole nitrogens is 1. The summed E-state index contributed by atoms with van der Waals surface area (Å²) in [7, 11) is -0.662. The average molecular weight is 640 g/mol. The van der Waals surface area contributed by atoms with Crippen LogP contribution < -0.4 is 15.4 Å². The molecule has 0 aliphatic carbocycles. The zero-order chi connectivity index (χ0) is 32.3. The summed E-state index contributed by atoms with van der Waals surface area (Å²) in [4.78, 5) is 28.3. The van der Waals surface area contributed by atoms with Gasteiger partial charge in [-0.15, -0.1) is 0 Å². The number of likely N-dealkylation sites (N-methyl/N-ethyl adjacent to an activating group) is 1. The molecule has 2 aliphatic rings. The first-order valence-corrected chi connectivity index (χ1v) is 15.5. The van der Waals surface area contributed by atoms with E-state index in [-0.39, 0.29) is 29.7 Å². The van der Waals surface area contributed by atoms with Gasteiger partial charge in [-0.05, 0) is 57.3 Å². The van der Waals surface area contributed by atoms with Crippen molar-refractivity contribution in [2.45, 2.75) is 36.9 Å². The van der Waals surface area contributed by atoms with Gasteiger partial charge in [0, 0.05) is 50.6 Å². The molecule has 236 valence electrons. The SMILES string of the molecule is CN1CC(Oc2ccc(C(=O)Nc3n[nH]c4c3CN(S(=O)(=O)c3cc(F)cc(F)c3)C4(C)C)c(NC(=O)c3cccn3C)c2)C1. The molecular formula is C30H31F2N7O5S. The van der Waals surface area contributed by atoms with E-state index in [4.69, 9.17) is 4.74 Å². The number of carbonyl (C=O) groups is 2. The number of hydrogen-bond acceptors (Lipinski definition) is 7. The number of fused-ring (bicyclic) bond motifs is 1. The van der Waals surface area contributed by atoms with Crippen molar-refractivity contribution in [1.82, 2.24) is 24.0 Å². The largest absolute Gasteiger partial charge is 0.488 e. The molecule has 3 N–H and O–H groups in total. The Hall–Kier alpha value is -4.60. The third-order valence-electron chi connectivity index (χ3n) is 8.05. The molecule has 0 bridgehead atoms. The molecule has 0 spiro atoms. The molecule has 12 nitrogen and oxygen atoms in total. The molecule has 0 radical (unpaired) electrons. The summed E-state index contributed by atoms with van der Waals surface area (Å²) in [5.41, 5.74) is 0.288. The van der Waals surface area contributed by atoms with E-state index in [1.165, 1.54) is 6.07 Å². The van der Waals surface area contributed by atoms with Gasteiger partial charge in [-0.3, -0.25) is 19.6 Å². The number of sulfonamides is 1. The van der Waals surface area contributed by atoms with Gasteiger partial charge < -0.3 is 19.9 Å². The highest BCUT2D eigenvalue weighted by molar-refractivity contribution is 7.89. The van der Waals surface area contributed by atoms with Crippen molar-refractivity contribution in [3.8, 4) is 5.75 Å². The number of hydrogen-bond donors (Lipinski definition) is 3. The molecule has 6 rings (SSSR count). The molecule has 0 saturated carbocycles. The van der Waals surface area contributed by atoms with Crippen molar-refractivity contribution in [3.63, 3.8) is 0 Å². The van der Waals surface area contributed by atoms with Gasteiger partial charge in [-0.1, -0.05) is 0 Å². The first-order valence-electron chi connectivity index (χ1n) is 14.0. The van der Waals surface area contributed by atoms with E-state index < -0.39 is 43.9 Å². The number of benzene rings is 2. The quantitative estimate of drug-likeness (QED) is 0.267. The fraction of sp³-hybridized carbons (Fsp3) is 0.300. The number of nitrogens with zero attached hydrogens (tertiary/aromatic N) is 4. The van der Waals surface area contributed by atoms with E-state index >= 15 is 0 Å². The molecule has 2 aromatic carbocycles. The highest BCUT2D eigenvalue weighted by atomic mass is 32.2. The Morgan fingerprint density at radius 2 is 1.73 bits per heavy atom. The van der Waals surface area contributed by atoms with Gasteiger partial charge in [0.1, 0.15) is 29.2 Å². The van der Waals surface area contributed by atoms with Crippen LogP contribution in [-0.4, -0.2) is 70.4 Å². The van der Waals surface area contributed by atoms with Crippen LogP contribution in [0.3, 0.4) is 0 Å². The Balaban J connectivity index is 1.28. The van der Waals surface area contributed by atoms with Crippen molar-refractivity contribution in [2.24, 2.45) is 7.05 Å². The monoisotopic (exact) mass is 639 g/mol. The van der Waals surface area contributed by atoms with Crippen LogP contribution in [0.5, 0.6) is 5.75 Å². The van der Waals surface area contributed by atoms with E-state index in [1.54, 1.807) is 55.9 Å². The van der Waals surface area contributed by atoms with Gasteiger partial charge in [-0.25, -0.2) is 17.2 Å². The molecule has 2 aliphatic heterocycles. The summed E-state index contributed by atoms with van der Waals surface area (Å²) in [6.07, 6.45) is 1.70. The molecule has 1 saturated heterocycles. The van der Waals surface area contributed by atoms with Gasteiger partial charge in [0.25, 0.3) is 11.8 Å². The van der Waals surface area contributed by atoms with E-state index in [1.807, 2.05) is 7.05 Å². The molecule has 4 aromatic rings. The minimum absolute atomic E-state index is 0.0239. The highest BCUT2D eigenvalue weighted by Gasteiger charge is 2.48. The lowest BCUT2D eigenvalue weighted by atomic mass is 10.0. The number of carbonyl (C=O) groups excluding carboxylic acids is 2. The van der Waals surface area contributed by atoms with Crippen molar-refractivity contribution in [3.05, 3.63) is 88.9 Å². The molecule has 2 amide bonds. The maximum absolute atomic E-state index is 13.9. The predicted octanol–water partition coefficient (Wildman–Crippen LogP) is 3.66. The second-order valence-corrected chi connectivity index (χ2v) is 13.5. The third kappa shape index (κ3) is 5.58. The summed E-state index contributed by atoms with van der Waals surface area (Å²) in [6, 6.07) is 10.2. The molecule has 0 atom stereocenters. The fourth-order valence-electron chi connectivity index (χ4n) is 5.65. The second-order valence-electron chi connectivity index (χ2n) is 11.7. The van der Waals surface area contributed by atoms with Gasteiger partial charge >= 0.3 is 0 Å². The number of amides is 2. The number of aromatic amines is 1. The van der Waals surface area contributed by atoms with Crippen LogP contribution in [0.25, 0.3) is 0 Å². The molecule has 2 aromatic heterocycles. The Morgan fingerprint density at radius 3 is 2.38 bits per heavy atom. The third-order valence-corrected chi connectivity index (χ3v) is 10.1. The summed E-state index contributed by atoms with van der Waals surface area (Å²) in [5.74, 6) is -2.55. The second kappa shape index (κ2) is 11.1. The van der Waals surface area contributed by atoms with Crippen LogP contribution in [0.1, 0.15) is 46.0 Å². The summed E-state index contributed by atoms with van der Waals surface area (Å²) in [6.45, 7) is 4.50. The number of rotatable bonds is 8. The Kier molecular flexibility index (Phi) is 7.49. The first-order chi connectivity index (χ1) is 21.2. The molecule has 0 unspecified atom stereocenters. The van der Waals surface area contributed by atoms with E-state index in [0.29, 0.717) is 28.8 Å². The number of nitrogens with one attached hydrogen (secondary N) is 3. The van der Waals surface area contributed by atoms with Crippen LogP contribution in [0.2, 0.25) is 0 Å². The zero-order valence-electron chi connectivity index (χ0n) is 24.9. The summed E-state index contributed by atoms with van der Waals surface area (Å²) < 4.78 is 63.6. The van der Waals surface area contributed by atoms with Crippen LogP contribution in [0.4, 0.5) is 20.3 Å². The Bertz CT molecular complexity index is 1910. The lowest BCUT2D eigenvalue weighted by molar-refractivity contribution is 0.0389. The number of likely N-dealkylation sites (tertiary alicyclic amines) is 1. The van der Waals surface area contributed by atoms with E-state index in [9.17, 15) is 26.8 Å². The number of ether oxygens (including phenoxy) is 1. The fourth-order valence-corrected chi connectivity index (χ4v) is 7.42. The van der Waals surface area contributed by atoms with Crippen LogP contribution >= 0.6 is 0 Å². The summed E-state index contributed by atoms with van der Waals surface area (Å²) in [5, 5.41) is 12.6. The van der Waals surface area contributed by atoms with E-state index in [2.05, 4.69) is 25.7 Å². The average Bonchev–Trinajstić information content (AvgIpc) is 3.63. The minimum atomic E-state index is -4.36. The van der Waals surface area contributed by atoms with Gasteiger partial charge in [0.2, 0.25) is 10.0 Å². The topological polar surface area (TPSA) is 142 Å². The van der Waals surface area contributed by atoms with Crippen molar-refractivity contribution in [2.75, 3.05) is 30.8 Å². The van der Waals surface area contributed by atoms with Crippen LogP contribution in [-0.2, 0) is 29.2 Å². The molecular weight excluding hydrogens is 608 g/mol. The molecule has 15 heteroatoms. The number of anilines is 2. The Labute approximate surface area is 258 Å². The number of halogens is 2. The number of aryl methyl sites for hydroxylation is 1. The lowest BCUT2D eigenvalue weighted by Gasteiger charge is -2.36. The zero-order valence-corrected chi connectivity index (χ0v) is 25.7. The maximum Gasteiger partial charge on any atom is 0.272 e. The molecule has 4 heterocycles.